The number of pyridine rings is 1. The predicted molar refractivity (Wildman–Crippen MR) is 94.1 cm³/mol. The molecular formula is C17H25N3O3S. The fraction of sp³-hybridized carbons (Fsp3) is 0.647. The van der Waals surface area contributed by atoms with Crippen LogP contribution in [0.1, 0.15) is 43.0 Å². The van der Waals surface area contributed by atoms with Gasteiger partial charge in [0, 0.05) is 31.9 Å². The van der Waals surface area contributed by atoms with Gasteiger partial charge in [-0.2, -0.15) is 0 Å². The number of piperidine rings is 1. The summed E-state index contributed by atoms with van der Waals surface area (Å²) in [6, 6.07) is 3.63. The number of amides is 1. The quantitative estimate of drug-likeness (QED) is 0.826. The SMILES string of the molecule is CCN(c1ccc(C(=O)N2CCCCC2)cn1)C1CCS(=O)(=O)C1. The molecule has 132 valence electrons. The van der Waals surface area contributed by atoms with E-state index in [0.29, 0.717) is 18.5 Å². The fourth-order valence-electron chi connectivity index (χ4n) is 3.59. The highest BCUT2D eigenvalue weighted by Gasteiger charge is 2.32. The molecule has 1 amide bonds. The van der Waals surface area contributed by atoms with Gasteiger partial charge in [-0.25, -0.2) is 13.4 Å². The molecule has 3 rings (SSSR count). The number of hydrogen-bond acceptors (Lipinski definition) is 5. The zero-order chi connectivity index (χ0) is 17.2. The minimum absolute atomic E-state index is 0.0175. The topological polar surface area (TPSA) is 70.6 Å². The average Bonchev–Trinajstić information content (AvgIpc) is 2.96. The van der Waals surface area contributed by atoms with E-state index in [1.807, 2.05) is 28.9 Å². The fourth-order valence-corrected chi connectivity index (χ4v) is 5.32. The lowest BCUT2D eigenvalue weighted by atomic mass is 10.1. The molecule has 2 aliphatic rings. The van der Waals surface area contributed by atoms with Gasteiger partial charge in [-0.15, -0.1) is 0 Å². The van der Waals surface area contributed by atoms with Gasteiger partial charge in [-0.05, 0) is 44.7 Å². The van der Waals surface area contributed by atoms with Crippen molar-refractivity contribution in [3.63, 3.8) is 0 Å². The highest BCUT2D eigenvalue weighted by molar-refractivity contribution is 7.91. The zero-order valence-electron chi connectivity index (χ0n) is 14.1. The molecule has 6 nitrogen and oxygen atoms in total. The summed E-state index contributed by atoms with van der Waals surface area (Å²) in [4.78, 5) is 20.8. The summed E-state index contributed by atoms with van der Waals surface area (Å²) in [6.07, 6.45) is 5.59. The second kappa shape index (κ2) is 7.09. The van der Waals surface area contributed by atoms with Gasteiger partial charge >= 0.3 is 0 Å². The van der Waals surface area contributed by atoms with Gasteiger partial charge in [0.15, 0.2) is 9.84 Å². The second-order valence-electron chi connectivity index (χ2n) is 6.60. The molecule has 0 aliphatic carbocycles. The maximum Gasteiger partial charge on any atom is 0.255 e. The summed E-state index contributed by atoms with van der Waals surface area (Å²) < 4.78 is 23.4. The summed E-state index contributed by atoms with van der Waals surface area (Å²) in [5.41, 5.74) is 0.607. The molecule has 2 aliphatic heterocycles. The molecule has 7 heteroatoms. The number of nitrogens with zero attached hydrogens (tertiary/aromatic N) is 3. The Bertz CT molecular complexity index is 682. The normalized spacial score (nSPS) is 23.2. The first-order valence-corrected chi connectivity index (χ1v) is 10.5. The number of rotatable bonds is 4. The molecule has 0 N–H and O–H groups in total. The minimum atomic E-state index is -2.92. The summed E-state index contributed by atoms with van der Waals surface area (Å²) in [6.45, 7) is 4.34. The highest BCUT2D eigenvalue weighted by atomic mass is 32.2. The van der Waals surface area contributed by atoms with Crippen molar-refractivity contribution in [1.82, 2.24) is 9.88 Å². The number of sulfone groups is 1. The standard InChI is InChI=1S/C17H25N3O3S/c1-2-20(15-8-11-24(22,23)13-15)16-7-6-14(12-18-16)17(21)19-9-4-3-5-10-19/h6-7,12,15H,2-5,8-11,13H2,1H3. The maximum absolute atomic E-state index is 12.5. The second-order valence-corrected chi connectivity index (χ2v) is 8.83. The van der Waals surface area contributed by atoms with Crippen molar-refractivity contribution in [2.75, 3.05) is 36.0 Å². The molecular weight excluding hydrogens is 326 g/mol. The molecule has 1 atom stereocenters. The van der Waals surface area contributed by atoms with Crippen LogP contribution in [0.5, 0.6) is 0 Å². The Kier molecular flexibility index (Phi) is 5.08. The molecule has 24 heavy (non-hydrogen) atoms. The Morgan fingerprint density at radius 2 is 2.04 bits per heavy atom. The van der Waals surface area contributed by atoms with Gasteiger partial charge < -0.3 is 9.80 Å². The number of carbonyl (C=O) groups excluding carboxylic acids is 1. The summed E-state index contributed by atoms with van der Waals surface area (Å²) in [5.74, 6) is 1.23. The van der Waals surface area contributed by atoms with E-state index >= 15 is 0 Å². The van der Waals surface area contributed by atoms with Crippen molar-refractivity contribution >= 4 is 21.6 Å². The van der Waals surface area contributed by atoms with Gasteiger partial charge in [0.05, 0.1) is 17.1 Å². The summed E-state index contributed by atoms with van der Waals surface area (Å²) >= 11 is 0. The highest BCUT2D eigenvalue weighted by Crippen LogP contribution is 2.23. The predicted octanol–water partition coefficient (Wildman–Crippen LogP) is 1.72. The maximum atomic E-state index is 12.5. The molecule has 0 saturated carbocycles. The largest absolute Gasteiger partial charge is 0.353 e. The molecule has 2 saturated heterocycles. The van der Waals surface area contributed by atoms with Crippen LogP contribution in [0, 0.1) is 0 Å². The van der Waals surface area contributed by atoms with Gasteiger partial charge in [0.2, 0.25) is 0 Å². The van der Waals surface area contributed by atoms with E-state index in [0.717, 1.165) is 31.7 Å². The number of likely N-dealkylation sites (tertiary alicyclic amines) is 1. The average molecular weight is 351 g/mol. The van der Waals surface area contributed by atoms with Crippen LogP contribution < -0.4 is 4.90 Å². The van der Waals surface area contributed by atoms with Crippen LogP contribution in [-0.4, -0.2) is 61.4 Å². The Labute approximate surface area is 143 Å². The van der Waals surface area contributed by atoms with Crippen LogP contribution in [-0.2, 0) is 9.84 Å². The molecule has 1 unspecified atom stereocenters. The first kappa shape index (κ1) is 17.2. The number of hydrogen-bond donors (Lipinski definition) is 0. The molecule has 0 spiro atoms. The van der Waals surface area contributed by atoms with Crippen molar-refractivity contribution in [3.8, 4) is 0 Å². The lowest BCUT2D eigenvalue weighted by Crippen LogP contribution is -2.37. The van der Waals surface area contributed by atoms with E-state index in [4.69, 9.17) is 0 Å². The Hall–Kier alpha value is -1.63. The summed E-state index contributed by atoms with van der Waals surface area (Å²) in [5, 5.41) is 0. The molecule has 0 radical (unpaired) electrons. The monoisotopic (exact) mass is 351 g/mol. The molecule has 1 aromatic rings. The van der Waals surface area contributed by atoms with Gasteiger partial charge in [-0.3, -0.25) is 4.79 Å². The number of anilines is 1. The van der Waals surface area contributed by atoms with E-state index in [-0.39, 0.29) is 23.5 Å². The first-order valence-electron chi connectivity index (χ1n) is 8.72. The van der Waals surface area contributed by atoms with Crippen LogP contribution in [0.4, 0.5) is 5.82 Å². The van der Waals surface area contributed by atoms with Gasteiger partial charge in [0.25, 0.3) is 5.91 Å². The van der Waals surface area contributed by atoms with Crippen molar-refractivity contribution in [3.05, 3.63) is 23.9 Å². The molecule has 0 aromatic carbocycles. The van der Waals surface area contributed by atoms with Gasteiger partial charge in [0.1, 0.15) is 5.82 Å². The molecule has 1 aromatic heterocycles. The minimum Gasteiger partial charge on any atom is -0.353 e. The van der Waals surface area contributed by atoms with Crippen LogP contribution in [0.3, 0.4) is 0 Å². The van der Waals surface area contributed by atoms with Crippen molar-refractivity contribution in [2.45, 2.75) is 38.6 Å². The Morgan fingerprint density at radius 3 is 2.58 bits per heavy atom. The van der Waals surface area contributed by atoms with Crippen LogP contribution in [0.2, 0.25) is 0 Å². The van der Waals surface area contributed by atoms with E-state index in [1.165, 1.54) is 6.42 Å². The van der Waals surface area contributed by atoms with Crippen molar-refractivity contribution < 1.29 is 13.2 Å². The van der Waals surface area contributed by atoms with Crippen LogP contribution in [0.15, 0.2) is 18.3 Å². The smallest absolute Gasteiger partial charge is 0.255 e. The summed E-state index contributed by atoms with van der Waals surface area (Å²) in [7, 11) is -2.92. The third-order valence-electron chi connectivity index (χ3n) is 4.92. The Morgan fingerprint density at radius 1 is 1.29 bits per heavy atom. The third kappa shape index (κ3) is 3.71. The first-order chi connectivity index (χ1) is 11.5. The third-order valence-corrected chi connectivity index (χ3v) is 6.67. The van der Waals surface area contributed by atoms with E-state index < -0.39 is 9.84 Å². The number of aromatic nitrogens is 1. The van der Waals surface area contributed by atoms with Gasteiger partial charge in [-0.1, -0.05) is 0 Å². The van der Waals surface area contributed by atoms with Crippen LogP contribution >= 0.6 is 0 Å². The van der Waals surface area contributed by atoms with E-state index in [2.05, 4.69) is 4.98 Å². The molecule has 2 fully saturated rings. The van der Waals surface area contributed by atoms with E-state index in [9.17, 15) is 13.2 Å². The van der Waals surface area contributed by atoms with Crippen molar-refractivity contribution in [1.29, 1.82) is 0 Å². The Balaban J connectivity index is 1.72. The lowest BCUT2D eigenvalue weighted by Gasteiger charge is -2.29. The molecule has 3 heterocycles. The van der Waals surface area contributed by atoms with Crippen molar-refractivity contribution in [2.24, 2.45) is 0 Å². The lowest BCUT2D eigenvalue weighted by molar-refractivity contribution is 0.0724. The molecule has 0 bridgehead atoms. The van der Waals surface area contributed by atoms with E-state index in [1.54, 1.807) is 6.20 Å². The zero-order valence-corrected chi connectivity index (χ0v) is 15.0. The number of carbonyl (C=O) groups is 1. The van der Waals surface area contributed by atoms with Crippen LogP contribution in [0.25, 0.3) is 0 Å².